The number of sulfonamides is 1. The van der Waals surface area contributed by atoms with Gasteiger partial charge < -0.3 is 9.64 Å². The van der Waals surface area contributed by atoms with Crippen LogP contribution in [0.15, 0.2) is 12.4 Å². The zero-order valence-electron chi connectivity index (χ0n) is 16.0. The highest BCUT2D eigenvalue weighted by atomic mass is 32.2. The first-order chi connectivity index (χ1) is 12.3. The van der Waals surface area contributed by atoms with Crippen molar-refractivity contribution in [1.82, 2.24) is 19.4 Å². The number of amides is 1. The molecule has 0 unspecified atom stereocenters. The minimum absolute atomic E-state index is 0.0410. The molecule has 0 radical (unpaired) electrons. The van der Waals surface area contributed by atoms with Crippen molar-refractivity contribution in [3.8, 4) is 0 Å². The van der Waals surface area contributed by atoms with Crippen LogP contribution < -0.4 is 4.72 Å². The summed E-state index contributed by atoms with van der Waals surface area (Å²) in [5, 5.41) is 4.14. The van der Waals surface area contributed by atoms with E-state index in [0.29, 0.717) is 25.8 Å². The molecule has 1 aromatic heterocycles. The topological polar surface area (TPSA) is 93.5 Å². The minimum Gasteiger partial charge on any atom is -0.380 e. The second-order valence-corrected chi connectivity index (χ2v) is 8.99. The van der Waals surface area contributed by atoms with Crippen molar-refractivity contribution in [2.24, 2.45) is 13.0 Å². The molecule has 1 aliphatic rings. The molecular weight excluding hydrogens is 356 g/mol. The van der Waals surface area contributed by atoms with E-state index < -0.39 is 10.0 Å². The number of hydrogen-bond acceptors (Lipinski definition) is 5. The normalized spacial score (nSPS) is 23.8. The quantitative estimate of drug-likeness (QED) is 0.704. The van der Waals surface area contributed by atoms with Crippen molar-refractivity contribution < 1.29 is 17.9 Å². The molecular formula is C17H30N4O4S. The van der Waals surface area contributed by atoms with Gasteiger partial charge in [0.25, 0.3) is 0 Å². The maximum Gasteiger partial charge on any atom is 0.225 e. The number of hydrogen-bond donors (Lipinski definition) is 1. The lowest BCUT2D eigenvalue weighted by atomic mass is 9.83. The summed E-state index contributed by atoms with van der Waals surface area (Å²) < 4.78 is 33.6. The summed E-state index contributed by atoms with van der Waals surface area (Å²) in [7, 11) is 1.96. The van der Waals surface area contributed by atoms with Crippen LogP contribution in [-0.4, -0.2) is 67.6 Å². The van der Waals surface area contributed by atoms with Crippen molar-refractivity contribution in [3.05, 3.63) is 18.0 Å². The van der Waals surface area contributed by atoms with Gasteiger partial charge in [0, 0.05) is 45.9 Å². The SMILES string of the molecule is CCS(=O)(=O)N[C@@H]1CC[C@H](C(=O)N(C)CCc2cnn(C)c2)C[C@H]1OC. The number of ether oxygens (including phenoxy) is 1. The number of aromatic nitrogens is 2. The van der Waals surface area contributed by atoms with Crippen LogP contribution in [0.5, 0.6) is 0 Å². The van der Waals surface area contributed by atoms with Gasteiger partial charge in [-0.15, -0.1) is 0 Å². The van der Waals surface area contributed by atoms with Crippen molar-refractivity contribution >= 4 is 15.9 Å². The van der Waals surface area contributed by atoms with Crippen LogP contribution in [0.3, 0.4) is 0 Å². The maximum atomic E-state index is 12.7. The van der Waals surface area contributed by atoms with Gasteiger partial charge in [-0.3, -0.25) is 9.48 Å². The van der Waals surface area contributed by atoms with Gasteiger partial charge in [-0.1, -0.05) is 0 Å². The Morgan fingerprint density at radius 2 is 2.19 bits per heavy atom. The standard InChI is InChI=1S/C17H30N4O4S/c1-5-26(23,24)19-15-7-6-14(10-16(15)25-4)17(22)20(2)9-8-13-11-18-21(3)12-13/h11-12,14-16,19H,5-10H2,1-4H3/t14-,15+,16+/m0/s1. The molecule has 0 bridgehead atoms. The zero-order valence-corrected chi connectivity index (χ0v) is 16.8. The predicted octanol–water partition coefficient (Wildman–Crippen LogP) is 0.544. The van der Waals surface area contributed by atoms with E-state index in [1.165, 1.54) is 0 Å². The summed E-state index contributed by atoms with van der Waals surface area (Å²) in [4.78, 5) is 14.5. The largest absolute Gasteiger partial charge is 0.380 e. The number of carbonyl (C=O) groups is 1. The first kappa shape index (κ1) is 20.9. The van der Waals surface area contributed by atoms with Gasteiger partial charge in [-0.05, 0) is 38.2 Å². The summed E-state index contributed by atoms with van der Waals surface area (Å²) in [5.74, 6) is -0.00621. The highest BCUT2D eigenvalue weighted by Gasteiger charge is 2.36. The van der Waals surface area contributed by atoms with E-state index in [0.717, 1.165) is 12.0 Å². The molecule has 1 aromatic rings. The molecule has 2 rings (SSSR count). The van der Waals surface area contributed by atoms with Crippen LogP contribution >= 0.6 is 0 Å². The van der Waals surface area contributed by atoms with Crippen molar-refractivity contribution in [3.63, 3.8) is 0 Å². The van der Waals surface area contributed by atoms with Crippen molar-refractivity contribution in [2.45, 2.75) is 44.8 Å². The Labute approximate surface area is 155 Å². The number of nitrogens with one attached hydrogen (secondary N) is 1. The van der Waals surface area contributed by atoms with Crippen LogP contribution in [0.2, 0.25) is 0 Å². The Morgan fingerprint density at radius 3 is 2.77 bits per heavy atom. The van der Waals surface area contributed by atoms with Gasteiger partial charge in [0.2, 0.25) is 15.9 Å². The molecule has 0 aromatic carbocycles. The van der Waals surface area contributed by atoms with Gasteiger partial charge in [0.05, 0.1) is 18.1 Å². The Morgan fingerprint density at radius 1 is 1.46 bits per heavy atom. The highest BCUT2D eigenvalue weighted by Crippen LogP contribution is 2.28. The summed E-state index contributed by atoms with van der Waals surface area (Å²) in [6, 6.07) is -0.269. The van der Waals surface area contributed by atoms with Crippen LogP contribution in [0.1, 0.15) is 31.7 Å². The summed E-state index contributed by atoms with van der Waals surface area (Å²) in [5.41, 5.74) is 1.10. The molecule has 1 N–H and O–H groups in total. The summed E-state index contributed by atoms with van der Waals surface area (Å²) in [6.07, 6.45) is 6.02. The third kappa shape index (κ3) is 5.52. The molecule has 148 valence electrons. The fourth-order valence-electron chi connectivity index (χ4n) is 3.38. The summed E-state index contributed by atoms with van der Waals surface area (Å²) in [6.45, 7) is 2.24. The predicted molar refractivity (Wildman–Crippen MR) is 99.1 cm³/mol. The number of rotatable bonds is 8. The zero-order chi connectivity index (χ0) is 19.3. The van der Waals surface area contributed by atoms with Crippen LogP contribution in [0.25, 0.3) is 0 Å². The number of methoxy groups -OCH3 is 1. The Kier molecular flexibility index (Phi) is 7.19. The molecule has 0 aliphatic heterocycles. The molecule has 3 atom stereocenters. The first-order valence-electron chi connectivity index (χ1n) is 9.01. The van der Waals surface area contributed by atoms with Crippen molar-refractivity contribution in [2.75, 3.05) is 26.5 Å². The van der Waals surface area contributed by atoms with E-state index in [1.54, 1.807) is 23.6 Å². The Balaban J connectivity index is 1.89. The first-order valence-corrected chi connectivity index (χ1v) is 10.7. The lowest BCUT2D eigenvalue weighted by Crippen LogP contribution is -2.50. The highest BCUT2D eigenvalue weighted by molar-refractivity contribution is 7.89. The fraction of sp³-hybridized carbons (Fsp3) is 0.765. The number of nitrogens with zero attached hydrogens (tertiary/aromatic N) is 3. The lowest BCUT2D eigenvalue weighted by molar-refractivity contribution is -0.137. The maximum absolute atomic E-state index is 12.7. The van der Waals surface area contributed by atoms with Crippen molar-refractivity contribution in [1.29, 1.82) is 0 Å². The molecule has 8 nitrogen and oxygen atoms in total. The smallest absolute Gasteiger partial charge is 0.225 e. The fourth-order valence-corrected chi connectivity index (χ4v) is 4.28. The minimum atomic E-state index is -3.29. The molecule has 26 heavy (non-hydrogen) atoms. The number of aryl methyl sites for hydroxylation is 1. The average molecular weight is 387 g/mol. The molecule has 0 saturated heterocycles. The third-order valence-corrected chi connectivity index (χ3v) is 6.45. The Bertz CT molecular complexity index is 703. The average Bonchev–Trinajstić information content (AvgIpc) is 3.04. The molecule has 1 heterocycles. The van der Waals surface area contributed by atoms with Gasteiger partial charge in [-0.25, -0.2) is 13.1 Å². The molecule has 1 aliphatic carbocycles. The van der Waals surface area contributed by atoms with Gasteiger partial charge in [0.15, 0.2) is 0 Å². The van der Waals surface area contributed by atoms with E-state index in [-0.39, 0.29) is 29.7 Å². The lowest BCUT2D eigenvalue weighted by Gasteiger charge is -2.36. The molecule has 9 heteroatoms. The monoisotopic (exact) mass is 386 g/mol. The van der Waals surface area contributed by atoms with Gasteiger partial charge in [-0.2, -0.15) is 5.10 Å². The third-order valence-electron chi connectivity index (χ3n) is 5.03. The van der Waals surface area contributed by atoms with E-state index in [9.17, 15) is 13.2 Å². The van der Waals surface area contributed by atoms with E-state index in [1.807, 2.05) is 26.5 Å². The van der Waals surface area contributed by atoms with Crippen LogP contribution in [0.4, 0.5) is 0 Å². The second kappa shape index (κ2) is 8.96. The molecule has 1 saturated carbocycles. The van der Waals surface area contributed by atoms with Gasteiger partial charge in [0.1, 0.15) is 0 Å². The summed E-state index contributed by atoms with van der Waals surface area (Å²) >= 11 is 0. The number of likely N-dealkylation sites (N-methyl/N-ethyl adjacent to an activating group) is 1. The van der Waals surface area contributed by atoms with Gasteiger partial charge >= 0.3 is 0 Å². The van der Waals surface area contributed by atoms with E-state index in [4.69, 9.17) is 4.74 Å². The van der Waals surface area contributed by atoms with E-state index >= 15 is 0 Å². The second-order valence-electron chi connectivity index (χ2n) is 6.94. The molecule has 0 spiro atoms. The Hall–Kier alpha value is -1.45. The molecule has 1 fully saturated rings. The molecule has 1 amide bonds. The number of carbonyl (C=O) groups excluding carboxylic acids is 1. The van der Waals surface area contributed by atoms with E-state index in [2.05, 4.69) is 9.82 Å². The van der Waals surface area contributed by atoms with Crippen LogP contribution in [0, 0.1) is 5.92 Å². The van der Waals surface area contributed by atoms with Crippen LogP contribution in [-0.2, 0) is 33.0 Å².